The lowest BCUT2D eigenvalue weighted by molar-refractivity contribution is -0.385. The molecule has 1 unspecified atom stereocenters. The Morgan fingerprint density at radius 2 is 1.72 bits per heavy atom. The molecule has 10 nitrogen and oxygen atoms in total. The molecule has 2 aromatic carbocycles. The summed E-state index contributed by atoms with van der Waals surface area (Å²) in [5.74, 6) is -0.133. The fraction of sp³-hybridized carbons (Fsp3) is 0.240. The minimum Gasteiger partial charge on any atom is -0.294 e. The lowest BCUT2D eigenvalue weighted by Crippen LogP contribution is -2.42. The van der Waals surface area contributed by atoms with E-state index in [4.69, 9.17) is 4.99 Å². The molecule has 0 fully saturated rings. The first kappa shape index (κ1) is 23.5. The van der Waals surface area contributed by atoms with E-state index in [2.05, 4.69) is 0 Å². The van der Waals surface area contributed by atoms with Gasteiger partial charge in [-0.15, -0.1) is 0 Å². The second-order valence-corrected chi connectivity index (χ2v) is 10.6. The zero-order chi connectivity index (χ0) is 25.8. The lowest BCUT2D eigenvalue weighted by atomic mass is 9.73. The molecule has 2 heterocycles. The Bertz CT molecular complexity index is 1660. The summed E-state index contributed by atoms with van der Waals surface area (Å²) in [5, 5.41) is 22.4. The van der Waals surface area contributed by atoms with Gasteiger partial charge < -0.3 is 0 Å². The van der Waals surface area contributed by atoms with Crippen molar-refractivity contribution in [2.45, 2.75) is 32.7 Å². The molecule has 0 N–H and O–H groups in total. The first-order chi connectivity index (χ1) is 17.0. The summed E-state index contributed by atoms with van der Waals surface area (Å²) in [6.45, 7) is 3.97. The van der Waals surface area contributed by atoms with Gasteiger partial charge in [0.1, 0.15) is 0 Å². The van der Waals surface area contributed by atoms with Crippen molar-refractivity contribution in [3.63, 3.8) is 0 Å². The van der Waals surface area contributed by atoms with Crippen LogP contribution in [-0.2, 0) is 4.79 Å². The van der Waals surface area contributed by atoms with Crippen molar-refractivity contribution >= 4 is 34.6 Å². The molecule has 1 aromatic heterocycles. The summed E-state index contributed by atoms with van der Waals surface area (Å²) in [4.78, 5) is 53.4. The van der Waals surface area contributed by atoms with E-state index < -0.39 is 21.4 Å². The highest BCUT2D eigenvalue weighted by molar-refractivity contribution is 7.07. The number of rotatable bonds is 4. The third kappa shape index (κ3) is 4.07. The molecular formula is C25H20N4O6S. The predicted molar refractivity (Wildman–Crippen MR) is 132 cm³/mol. The monoisotopic (exact) mass is 504 g/mol. The highest BCUT2D eigenvalue weighted by Crippen LogP contribution is 2.43. The number of allylic oxidation sites excluding steroid dienone is 2. The maximum atomic E-state index is 13.6. The summed E-state index contributed by atoms with van der Waals surface area (Å²) in [6, 6.07) is 10.9. The van der Waals surface area contributed by atoms with Gasteiger partial charge in [-0.3, -0.25) is 34.4 Å². The summed E-state index contributed by atoms with van der Waals surface area (Å²) < 4.78 is 1.76. The van der Waals surface area contributed by atoms with Crippen LogP contribution in [0.3, 0.4) is 0 Å². The summed E-state index contributed by atoms with van der Waals surface area (Å²) in [7, 11) is 0. The topological polar surface area (TPSA) is 138 Å². The number of hydrogen-bond acceptors (Lipinski definition) is 8. The molecule has 1 aliphatic carbocycles. The predicted octanol–water partition coefficient (Wildman–Crippen LogP) is 3.42. The molecule has 1 atom stereocenters. The first-order valence-corrected chi connectivity index (χ1v) is 11.9. The molecule has 0 spiro atoms. The quantitative estimate of drug-likeness (QED) is 0.394. The van der Waals surface area contributed by atoms with E-state index in [-0.39, 0.29) is 29.0 Å². The van der Waals surface area contributed by atoms with Crippen LogP contribution in [0.5, 0.6) is 0 Å². The molecule has 0 amide bonds. The van der Waals surface area contributed by atoms with Gasteiger partial charge in [0, 0.05) is 36.3 Å². The van der Waals surface area contributed by atoms with Gasteiger partial charge in [-0.1, -0.05) is 37.3 Å². The van der Waals surface area contributed by atoms with E-state index in [0.717, 1.165) is 11.3 Å². The molecule has 0 saturated carbocycles. The number of carbonyl (C=O) groups is 1. The molecule has 0 radical (unpaired) electrons. The zero-order valence-corrected chi connectivity index (χ0v) is 20.2. The molecule has 11 heteroatoms. The summed E-state index contributed by atoms with van der Waals surface area (Å²) in [6.07, 6.45) is 2.43. The maximum absolute atomic E-state index is 13.6. The van der Waals surface area contributed by atoms with Crippen LogP contribution in [0.1, 0.15) is 43.9 Å². The average Bonchev–Trinajstić information content (AvgIpc) is 3.11. The minimum absolute atomic E-state index is 0.0620. The molecule has 2 aliphatic rings. The Balaban J connectivity index is 1.74. The van der Waals surface area contributed by atoms with Gasteiger partial charge in [0.2, 0.25) is 0 Å². The van der Waals surface area contributed by atoms with Crippen LogP contribution in [0.15, 0.2) is 69.6 Å². The second-order valence-electron chi connectivity index (χ2n) is 9.58. The van der Waals surface area contributed by atoms with E-state index in [9.17, 15) is 29.8 Å². The molecule has 3 aromatic rings. The van der Waals surface area contributed by atoms with Crippen LogP contribution < -0.4 is 14.9 Å². The largest absolute Gasteiger partial charge is 0.294 e. The molecule has 36 heavy (non-hydrogen) atoms. The van der Waals surface area contributed by atoms with Crippen LogP contribution >= 0.6 is 11.3 Å². The van der Waals surface area contributed by atoms with Crippen molar-refractivity contribution in [1.29, 1.82) is 0 Å². The standard InChI is InChI=1S/C25H20N4O6S/c1-25(2)12-18-21(19(30)13-25)22(15-4-3-5-17(11-15)29(34)35)27-23(31)20(36-24(27)26-18)10-14-6-8-16(9-7-14)28(32)33/h3-11,22H,12-13H2,1-2H3. The number of nitrogens with zero attached hydrogens (tertiary/aromatic N) is 4. The SMILES string of the molecule is CC1(C)CC(=O)C2=C(C1)N=c1sc(=Cc3ccc([N+](=O)[O-])cc3)c(=O)n1C2c1cccc([N+](=O)[O-])c1. The number of aromatic nitrogens is 1. The number of hydrogen-bond donors (Lipinski definition) is 0. The first-order valence-electron chi connectivity index (χ1n) is 11.1. The number of ketones is 1. The molecule has 0 saturated heterocycles. The van der Waals surface area contributed by atoms with Gasteiger partial charge in [0.15, 0.2) is 10.6 Å². The van der Waals surface area contributed by atoms with Crippen molar-refractivity contribution in [3.05, 3.63) is 111 Å². The number of nitro benzene ring substituents is 2. The highest BCUT2D eigenvalue weighted by Gasteiger charge is 2.40. The highest BCUT2D eigenvalue weighted by atomic mass is 32.1. The van der Waals surface area contributed by atoms with Crippen molar-refractivity contribution in [1.82, 2.24) is 4.57 Å². The van der Waals surface area contributed by atoms with Crippen LogP contribution in [-0.4, -0.2) is 20.2 Å². The van der Waals surface area contributed by atoms with Gasteiger partial charge in [0.25, 0.3) is 16.9 Å². The molecule has 182 valence electrons. The van der Waals surface area contributed by atoms with Crippen molar-refractivity contribution in [3.8, 4) is 0 Å². The Morgan fingerprint density at radius 1 is 1.03 bits per heavy atom. The summed E-state index contributed by atoms with van der Waals surface area (Å²) >= 11 is 1.15. The zero-order valence-electron chi connectivity index (χ0n) is 19.3. The maximum Gasteiger partial charge on any atom is 0.271 e. The van der Waals surface area contributed by atoms with E-state index in [1.54, 1.807) is 24.3 Å². The third-order valence-corrected chi connectivity index (χ3v) is 7.28. The molecule has 1 aliphatic heterocycles. The number of Topliss-reactive ketones (excluding diaryl/α,β-unsaturated/α-hetero) is 1. The smallest absolute Gasteiger partial charge is 0.271 e. The number of carbonyl (C=O) groups excluding carboxylic acids is 1. The van der Waals surface area contributed by atoms with Crippen molar-refractivity contribution < 1.29 is 14.6 Å². The third-order valence-electron chi connectivity index (χ3n) is 6.29. The van der Waals surface area contributed by atoms with Gasteiger partial charge in [-0.2, -0.15) is 0 Å². The van der Waals surface area contributed by atoms with Crippen LogP contribution in [0, 0.1) is 25.6 Å². The van der Waals surface area contributed by atoms with Crippen LogP contribution in [0.2, 0.25) is 0 Å². The van der Waals surface area contributed by atoms with Crippen molar-refractivity contribution in [2.24, 2.45) is 10.4 Å². The molecule has 5 rings (SSSR count). The van der Waals surface area contributed by atoms with Crippen molar-refractivity contribution in [2.75, 3.05) is 0 Å². The van der Waals surface area contributed by atoms with Crippen LogP contribution in [0.25, 0.3) is 6.08 Å². The number of benzene rings is 2. The van der Waals surface area contributed by atoms with Gasteiger partial charge in [0.05, 0.1) is 26.1 Å². The Kier molecular flexibility index (Phi) is 5.51. The molecular weight excluding hydrogens is 484 g/mol. The fourth-order valence-corrected chi connectivity index (χ4v) is 5.74. The lowest BCUT2D eigenvalue weighted by Gasteiger charge is -2.35. The number of thiazole rings is 1. The fourth-order valence-electron chi connectivity index (χ4n) is 4.72. The minimum atomic E-state index is -0.834. The average molecular weight is 505 g/mol. The van der Waals surface area contributed by atoms with Gasteiger partial charge >= 0.3 is 0 Å². The van der Waals surface area contributed by atoms with E-state index in [1.807, 2.05) is 13.8 Å². The Labute approximate surface area is 207 Å². The van der Waals surface area contributed by atoms with Gasteiger partial charge in [-0.25, -0.2) is 4.99 Å². The van der Waals surface area contributed by atoms with Gasteiger partial charge in [-0.05, 0) is 41.2 Å². The Hall–Kier alpha value is -4.25. The van der Waals surface area contributed by atoms with Crippen LogP contribution in [0.4, 0.5) is 11.4 Å². The van der Waals surface area contributed by atoms with E-state index in [1.165, 1.54) is 34.9 Å². The number of non-ortho nitro benzene ring substituents is 2. The Morgan fingerprint density at radius 3 is 2.39 bits per heavy atom. The molecule has 0 bridgehead atoms. The van der Waals surface area contributed by atoms with E-state index >= 15 is 0 Å². The summed E-state index contributed by atoms with van der Waals surface area (Å²) in [5.41, 5.74) is 1.15. The second kappa shape index (κ2) is 8.45. The number of nitro groups is 2. The normalized spacial score (nSPS) is 18.9. The number of fused-ring (bicyclic) bond motifs is 1. The van der Waals surface area contributed by atoms with E-state index in [0.29, 0.717) is 38.2 Å².